The summed E-state index contributed by atoms with van der Waals surface area (Å²) in [5.74, 6) is 0.811. The number of aromatic nitrogens is 2. The highest BCUT2D eigenvalue weighted by atomic mass is 32.2. The van der Waals surface area contributed by atoms with Gasteiger partial charge in [-0.05, 0) is 24.8 Å². The van der Waals surface area contributed by atoms with Gasteiger partial charge < -0.3 is 5.32 Å². The number of thioether (sulfide) groups is 1. The first-order chi connectivity index (χ1) is 8.92. The molecule has 4 nitrogen and oxygen atoms in total. The number of amidine groups is 1. The average molecular weight is 278 g/mol. The Kier molecular flexibility index (Phi) is 4.45. The van der Waals surface area contributed by atoms with Gasteiger partial charge in [0.05, 0.1) is 18.8 Å². The zero-order valence-electron chi connectivity index (χ0n) is 12.1. The van der Waals surface area contributed by atoms with E-state index in [9.17, 15) is 0 Å². The molecule has 19 heavy (non-hydrogen) atoms. The molecule has 2 rings (SSSR count). The predicted octanol–water partition coefficient (Wildman–Crippen LogP) is 2.78. The second-order valence-corrected chi connectivity index (χ2v) is 7.39. The van der Waals surface area contributed by atoms with E-state index in [0.717, 1.165) is 29.8 Å². The molecular weight excluding hydrogens is 256 g/mol. The van der Waals surface area contributed by atoms with E-state index >= 15 is 0 Å². The molecule has 1 atom stereocenters. The summed E-state index contributed by atoms with van der Waals surface area (Å²) in [6.07, 6.45) is 2.99. The minimum Gasteiger partial charge on any atom is -0.359 e. The molecule has 0 aromatic carbocycles. The lowest BCUT2D eigenvalue weighted by molar-refractivity contribution is 0.375. The van der Waals surface area contributed by atoms with Gasteiger partial charge in [0.1, 0.15) is 5.82 Å². The average Bonchev–Trinajstić information content (AvgIpc) is 2.72. The summed E-state index contributed by atoms with van der Waals surface area (Å²) >= 11 is 1.86. The molecule has 1 aromatic heterocycles. The Labute approximate surface area is 119 Å². The summed E-state index contributed by atoms with van der Waals surface area (Å²) in [6, 6.07) is 1.94. The maximum absolute atomic E-state index is 4.56. The molecule has 1 aromatic rings. The van der Waals surface area contributed by atoms with Crippen molar-refractivity contribution >= 4 is 16.9 Å². The number of hydrogen-bond acceptors (Lipinski definition) is 5. The van der Waals surface area contributed by atoms with Crippen LogP contribution < -0.4 is 5.32 Å². The molecular formula is C14H22N4S. The van der Waals surface area contributed by atoms with Crippen LogP contribution in [0, 0.1) is 12.3 Å². The van der Waals surface area contributed by atoms with Gasteiger partial charge in [-0.15, -0.1) is 0 Å². The zero-order chi connectivity index (χ0) is 13.9. The van der Waals surface area contributed by atoms with E-state index in [1.807, 2.05) is 24.8 Å². The van der Waals surface area contributed by atoms with E-state index in [1.165, 1.54) is 6.42 Å². The van der Waals surface area contributed by atoms with Crippen LogP contribution in [0.25, 0.3) is 0 Å². The third kappa shape index (κ3) is 4.82. The molecule has 1 aliphatic heterocycles. The molecule has 0 bridgehead atoms. The van der Waals surface area contributed by atoms with Crippen molar-refractivity contribution in [2.24, 2.45) is 10.4 Å². The van der Waals surface area contributed by atoms with E-state index in [0.29, 0.717) is 10.7 Å². The summed E-state index contributed by atoms with van der Waals surface area (Å²) in [5.41, 5.74) is 1.38. The summed E-state index contributed by atoms with van der Waals surface area (Å²) in [7, 11) is 0. The van der Waals surface area contributed by atoms with Gasteiger partial charge in [-0.2, -0.15) is 0 Å². The quantitative estimate of drug-likeness (QED) is 0.923. The molecule has 0 fully saturated rings. The maximum Gasteiger partial charge on any atom is 0.157 e. The van der Waals surface area contributed by atoms with Crippen LogP contribution in [0.4, 0.5) is 0 Å². The van der Waals surface area contributed by atoms with Crippen molar-refractivity contribution in [2.45, 2.75) is 45.9 Å². The number of aliphatic imine (C=N–C) groups is 1. The van der Waals surface area contributed by atoms with Crippen LogP contribution in [0.3, 0.4) is 0 Å². The molecule has 0 amide bonds. The number of aryl methyl sites for hydroxylation is 1. The Hall–Kier alpha value is -1.10. The van der Waals surface area contributed by atoms with Gasteiger partial charge in [0.25, 0.3) is 0 Å². The van der Waals surface area contributed by atoms with Crippen molar-refractivity contribution in [1.82, 2.24) is 15.3 Å². The van der Waals surface area contributed by atoms with E-state index < -0.39 is 0 Å². The van der Waals surface area contributed by atoms with Crippen molar-refractivity contribution in [3.8, 4) is 0 Å². The summed E-state index contributed by atoms with van der Waals surface area (Å²) in [5, 5.41) is 5.02. The van der Waals surface area contributed by atoms with Crippen LogP contribution in [-0.4, -0.2) is 26.9 Å². The smallest absolute Gasteiger partial charge is 0.157 e. The molecule has 1 aliphatic rings. The standard InChI is InChI=1S/C14H22N4S/c1-10-15-6-5-11(18-10)8-16-13-17-9-12(19-13)7-14(2,3)4/h5-6,12H,7-9H2,1-4H3,(H,16,17). The van der Waals surface area contributed by atoms with Gasteiger partial charge in [0, 0.05) is 11.4 Å². The SMILES string of the molecule is Cc1nccc(CNC2=NCC(CC(C)(C)C)S2)n1. The highest BCUT2D eigenvalue weighted by Gasteiger charge is 2.24. The van der Waals surface area contributed by atoms with Gasteiger partial charge >= 0.3 is 0 Å². The Balaban J connectivity index is 1.79. The van der Waals surface area contributed by atoms with Crippen LogP contribution in [0.2, 0.25) is 0 Å². The molecule has 0 saturated heterocycles. The van der Waals surface area contributed by atoms with Gasteiger partial charge in [0.2, 0.25) is 0 Å². The Morgan fingerprint density at radius 1 is 1.42 bits per heavy atom. The summed E-state index contributed by atoms with van der Waals surface area (Å²) < 4.78 is 0. The van der Waals surface area contributed by atoms with Crippen molar-refractivity contribution in [3.63, 3.8) is 0 Å². The fourth-order valence-electron chi connectivity index (χ4n) is 2.07. The third-order valence-corrected chi connectivity index (χ3v) is 3.96. The lowest BCUT2D eigenvalue weighted by atomic mass is 9.90. The topological polar surface area (TPSA) is 50.2 Å². The van der Waals surface area contributed by atoms with Crippen LogP contribution >= 0.6 is 11.8 Å². The highest BCUT2D eigenvalue weighted by molar-refractivity contribution is 8.14. The van der Waals surface area contributed by atoms with Crippen molar-refractivity contribution in [2.75, 3.05) is 6.54 Å². The fourth-order valence-corrected chi connectivity index (χ4v) is 3.43. The fraction of sp³-hybridized carbons (Fsp3) is 0.643. The predicted molar refractivity (Wildman–Crippen MR) is 81.4 cm³/mol. The van der Waals surface area contributed by atoms with E-state index in [1.54, 1.807) is 6.20 Å². The monoisotopic (exact) mass is 278 g/mol. The Morgan fingerprint density at radius 2 is 2.21 bits per heavy atom. The summed E-state index contributed by atoms with van der Waals surface area (Å²) in [6.45, 7) is 10.4. The minimum absolute atomic E-state index is 0.367. The van der Waals surface area contributed by atoms with Crippen molar-refractivity contribution < 1.29 is 0 Å². The molecule has 5 heteroatoms. The summed E-state index contributed by atoms with van der Waals surface area (Å²) in [4.78, 5) is 13.0. The zero-order valence-corrected chi connectivity index (χ0v) is 12.9. The van der Waals surface area contributed by atoms with Crippen LogP contribution in [-0.2, 0) is 6.54 Å². The molecule has 2 heterocycles. The van der Waals surface area contributed by atoms with Crippen LogP contribution in [0.15, 0.2) is 17.3 Å². The maximum atomic E-state index is 4.56. The minimum atomic E-state index is 0.367. The molecule has 0 spiro atoms. The van der Waals surface area contributed by atoms with Gasteiger partial charge in [-0.3, -0.25) is 4.99 Å². The molecule has 1 N–H and O–H groups in total. The second-order valence-electron chi connectivity index (χ2n) is 6.10. The van der Waals surface area contributed by atoms with Gasteiger partial charge in [0.15, 0.2) is 5.17 Å². The Bertz CT molecular complexity index is 465. The molecule has 0 radical (unpaired) electrons. The highest BCUT2D eigenvalue weighted by Crippen LogP contribution is 2.31. The van der Waals surface area contributed by atoms with Crippen LogP contribution in [0.1, 0.15) is 38.7 Å². The molecule has 0 aliphatic carbocycles. The number of nitrogens with zero attached hydrogens (tertiary/aromatic N) is 3. The second kappa shape index (κ2) is 5.90. The lowest BCUT2D eigenvalue weighted by Crippen LogP contribution is -2.21. The van der Waals surface area contributed by atoms with E-state index in [-0.39, 0.29) is 0 Å². The number of rotatable bonds is 3. The number of hydrogen-bond donors (Lipinski definition) is 1. The van der Waals surface area contributed by atoms with Crippen LogP contribution in [0.5, 0.6) is 0 Å². The first-order valence-electron chi connectivity index (χ1n) is 6.66. The van der Waals surface area contributed by atoms with E-state index in [4.69, 9.17) is 0 Å². The molecule has 1 unspecified atom stereocenters. The third-order valence-electron chi connectivity index (χ3n) is 2.81. The largest absolute Gasteiger partial charge is 0.359 e. The molecule has 104 valence electrons. The first kappa shape index (κ1) is 14.3. The van der Waals surface area contributed by atoms with Gasteiger partial charge in [-0.1, -0.05) is 32.5 Å². The van der Waals surface area contributed by atoms with E-state index in [2.05, 4.69) is 41.0 Å². The normalized spacial score (nSPS) is 19.4. The Morgan fingerprint density at radius 3 is 2.89 bits per heavy atom. The van der Waals surface area contributed by atoms with Crippen molar-refractivity contribution in [1.29, 1.82) is 0 Å². The van der Waals surface area contributed by atoms with Gasteiger partial charge in [-0.25, -0.2) is 9.97 Å². The molecule has 0 saturated carbocycles. The lowest BCUT2D eigenvalue weighted by Gasteiger charge is -2.21. The number of nitrogens with one attached hydrogen (secondary N) is 1. The first-order valence-corrected chi connectivity index (χ1v) is 7.54. The van der Waals surface area contributed by atoms with Crippen molar-refractivity contribution in [3.05, 3.63) is 23.8 Å².